The van der Waals surface area contributed by atoms with Crippen LogP contribution in [0.4, 0.5) is 0 Å². The molecule has 2 aliphatic carbocycles. The van der Waals surface area contributed by atoms with Crippen molar-refractivity contribution in [2.45, 2.75) is 24.9 Å². The van der Waals surface area contributed by atoms with Crippen molar-refractivity contribution >= 4 is 0 Å². The molecule has 2 aromatic rings. The molecule has 0 saturated heterocycles. The molecule has 18 heavy (non-hydrogen) atoms. The van der Waals surface area contributed by atoms with E-state index >= 15 is 0 Å². The van der Waals surface area contributed by atoms with E-state index in [0.29, 0.717) is 5.92 Å². The van der Waals surface area contributed by atoms with Crippen LogP contribution in [0.3, 0.4) is 0 Å². The average molecular weight is 236 g/mol. The Morgan fingerprint density at radius 3 is 2.44 bits per heavy atom. The third kappa shape index (κ3) is 1.02. The Morgan fingerprint density at radius 2 is 1.67 bits per heavy atom. The van der Waals surface area contributed by atoms with Gasteiger partial charge in [-0.1, -0.05) is 55.5 Å². The van der Waals surface area contributed by atoms with Gasteiger partial charge in [0.05, 0.1) is 5.60 Å². The number of aliphatic hydroxyl groups is 1. The van der Waals surface area contributed by atoms with E-state index in [-0.39, 0.29) is 5.92 Å². The van der Waals surface area contributed by atoms with Crippen LogP contribution in [0.25, 0.3) is 11.1 Å². The summed E-state index contributed by atoms with van der Waals surface area (Å²) in [6.07, 6.45) is 1.09. The summed E-state index contributed by atoms with van der Waals surface area (Å²) >= 11 is 0. The zero-order valence-electron chi connectivity index (χ0n) is 10.4. The summed E-state index contributed by atoms with van der Waals surface area (Å²) in [5.41, 5.74) is 4.29. The molecule has 0 amide bonds. The first kappa shape index (κ1) is 10.3. The molecular formula is C17H16O. The second-order valence-electron chi connectivity index (χ2n) is 5.65. The molecule has 1 nitrogen and oxygen atoms in total. The van der Waals surface area contributed by atoms with Gasteiger partial charge in [0, 0.05) is 5.92 Å². The van der Waals surface area contributed by atoms with E-state index in [1.165, 1.54) is 16.7 Å². The fourth-order valence-corrected chi connectivity index (χ4v) is 3.83. The molecule has 3 atom stereocenters. The summed E-state index contributed by atoms with van der Waals surface area (Å²) in [7, 11) is 0. The van der Waals surface area contributed by atoms with Crippen LogP contribution in [-0.4, -0.2) is 5.11 Å². The minimum absolute atomic E-state index is 0.276. The van der Waals surface area contributed by atoms with Crippen LogP contribution in [0.15, 0.2) is 48.5 Å². The third-order valence-electron chi connectivity index (χ3n) is 4.86. The minimum Gasteiger partial charge on any atom is -0.384 e. The lowest BCUT2D eigenvalue weighted by Crippen LogP contribution is -2.52. The lowest BCUT2D eigenvalue weighted by atomic mass is 9.52. The van der Waals surface area contributed by atoms with Gasteiger partial charge in [0.2, 0.25) is 0 Å². The van der Waals surface area contributed by atoms with Crippen LogP contribution in [0.5, 0.6) is 0 Å². The molecule has 1 N–H and O–H groups in total. The summed E-state index contributed by atoms with van der Waals surface area (Å²) in [6, 6.07) is 16.8. The van der Waals surface area contributed by atoms with Gasteiger partial charge in [0.15, 0.2) is 0 Å². The topological polar surface area (TPSA) is 20.2 Å². The van der Waals surface area contributed by atoms with Crippen LogP contribution in [0.2, 0.25) is 0 Å². The van der Waals surface area contributed by atoms with Crippen molar-refractivity contribution in [1.82, 2.24) is 0 Å². The van der Waals surface area contributed by atoms with Gasteiger partial charge >= 0.3 is 0 Å². The Hall–Kier alpha value is -1.60. The Kier molecular flexibility index (Phi) is 1.86. The average Bonchev–Trinajstić information content (AvgIpc) is 2.43. The molecular weight excluding hydrogens is 220 g/mol. The van der Waals surface area contributed by atoms with E-state index in [0.717, 1.165) is 12.0 Å². The number of benzene rings is 2. The van der Waals surface area contributed by atoms with Gasteiger partial charge in [-0.3, -0.25) is 0 Å². The van der Waals surface area contributed by atoms with Crippen molar-refractivity contribution in [3.8, 4) is 11.1 Å². The van der Waals surface area contributed by atoms with Gasteiger partial charge in [-0.2, -0.15) is 0 Å². The molecule has 1 fully saturated rings. The van der Waals surface area contributed by atoms with Crippen molar-refractivity contribution in [2.24, 2.45) is 5.92 Å². The molecule has 90 valence electrons. The maximum Gasteiger partial charge on any atom is 0.0996 e. The highest BCUT2D eigenvalue weighted by Crippen LogP contribution is 2.62. The van der Waals surface area contributed by atoms with Crippen LogP contribution in [-0.2, 0) is 5.60 Å². The molecule has 1 saturated carbocycles. The van der Waals surface area contributed by atoms with Gasteiger partial charge < -0.3 is 5.11 Å². The Balaban J connectivity index is 2.07. The molecule has 1 heteroatoms. The van der Waals surface area contributed by atoms with E-state index in [2.05, 4.69) is 49.4 Å². The predicted molar refractivity (Wildman–Crippen MR) is 72.3 cm³/mol. The van der Waals surface area contributed by atoms with E-state index < -0.39 is 5.60 Å². The standard InChI is InChI=1S/C17H16O/c1-11-10-16-14-8-3-2-6-12(14)13-7-4-5-9-15(13)17(11,16)18/h2-9,11,16,18H,10H2,1H3/t11-,16+,17+/m0/s1. The van der Waals surface area contributed by atoms with E-state index in [1.807, 2.05) is 6.07 Å². The van der Waals surface area contributed by atoms with Gasteiger partial charge in [-0.05, 0) is 34.6 Å². The highest BCUT2D eigenvalue weighted by molar-refractivity contribution is 5.76. The SMILES string of the molecule is C[C@H]1C[C@@H]2c3ccccc3-c3ccccc3[C@@]21O. The third-order valence-corrected chi connectivity index (χ3v) is 4.86. The maximum atomic E-state index is 11.1. The fraction of sp³-hybridized carbons (Fsp3) is 0.294. The lowest BCUT2D eigenvalue weighted by molar-refractivity contribution is -0.118. The Bertz CT molecular complexity index is 631. The summed E-state index contributed by atoms with van der Waals surface area (Å²) in [4.78, 5) is 0. The van der Waals surface area contributed by atoms with Crippen molar-refractivity contribution < 1.29 is 5.11 Å². The molecule has 0 aliphatic heterocycles. The highest BCUT2D eigenvalue weighted by atomic mass is 16.3. The second-order valence-corrected chi connectivity index (χ2v) is 5.65. The lowest BCUT2D eigenvalue weighted by Gasteiger charge is -2.55. The Labute approximate surface area is 107 Å². The van der Waals surface area contributed by atoms with Gasteiger partial charge in [-0.15, -0.1) is 0 Å². The van der Waals surface area contributed by atoms with Crippen molar-refractivity contribution in [1.29, 1.82) is 0 Å². The molecule has 0 heterocycles. The first-order valence-electron chi connectivity index (χ1n) is 6.64. The predicted octanol–water partition coefficient (Wildman–Crippen LogP) is 3.68. The number of rotatable bonds is 0. The molecule has 0 unspecified atom stereocenters. The number of hydrogen-bond donors (Lipinski definition) is 1. The van der Waals surface area contributed by atoms with Crippen molar-refractivity contribution in [3.05, 3.63) is 59.7 Å². The largest absolute Gasteiger partial charge is 0.384 e. The zero-order valence-corrected chi connectivity index (χ0v) is 10.4. The molecule has 2 aliphatic rings. The number of fused-ring (bicyclic) bond motifs is 6. The minimum atomic E-state index is -0.648. The highest BCUT2D eigenvalue weighted by Gasteiger charge is 2.56. The smallest absolute Gasteiger partial charge is 0.0996 e. The first-order valence-corrected chi connectivity index (χ1v) is 6.64. The molecule has 0 bridgehead atoms. The van der Waals surface area contributed by atoms with Crippen LogP contribution in [0, 0.1) is 5.92 Å². The second kappa shape index (κ2) is 3.24. The Morgan fingerprint density at radius 1 is 1.00 bits per heavy atom. The van der Waals surface area contributed by atoms with Crippen LogP contribution < -0.4 is 0 Å². The van der Waals surface area contributed by atoms with Gasteiger partial charge in [-0.25, -0.2) is 0 Å². The molecule has 4 rings (SSSR count). The van der Waals surface area contributed by atoms with E-state index in [9.17, 15) is 5.11 Å². The van der Waals surface area contributed by atoms with E-state index in [4.69, 9.17) is 0 Å². The van der Waals surface area contributed by atoms with Crippen LogP contribution >= 0.6 is 0 Å². The summed E-state index contributed by atoms with van der Waals surface area (Å²) in [5, 5.41) is 11.1. The monoisotopic (exact) mass is 236 g/mol. The molecule has 2 aromatic carbocycles. The van der Waals surface area contributed by atoms with Gasteiger partial charge in [0.25, 0.3) is 0 Å². The van der Waals surface area contributed by atoms with Gasteiger partial charge in [0.1, 0.15) is 0 Å². The summed E-state index contributed by atoms with van der Waals surface area (Å²) < 4.78 is 0. The molecule has 0 aromatic heterocycles. The fourth-order valence-electron chi connectivity index (χ4n) is 3.83. The first-order chi connectivity index (χ1) is 8.73. The quantitative estimate of drug-likeness (QED) is 0.739. The van der Waals surface area contributed by atoms with Crippen molar-refractivity contribution in [3.63, 3.8) is 0 Å². The van der Waals surface area contributed by atoms with Crippen molar-refractivity contribution in [2.75, 3.05) is 0 Å². The normalized spacial score (nSPS) is 31.9. The molecule has 0 spiro atoms. The van der Waals surface area contributed by atoms with Crippen LogP contribution in [0.1, 0.15) is 30.4 Å². The zero-order chi connectivity index (χ0) is 12.3. The molecule has 0 radical (unpaired) electrons. The maximum absolute atomic E-state index is 11.1. The number of hydrogen-bond acceptors (Lipinski definition) is 1. The van der Waals surface area contributed by atoms with E-state index in [1.54, 1.807) is 0 Å². The summed E-state index contributed by atoms with van der Waals surface area (Å²) in [5.74, 6) is 0.621. The summed E-state index contributed by atoms with van der Waals surface area (Å²) in [6.45, 7) is 2.15.